The molecule has 0 bridgehead atoms. The van der Waals surface area contributed by atoms with Crippen molar-refractivity contribution in [1.29, 1.82) is 5.26 Å². The number of ketones is 2. The standard InChI is InChI=1S/C27H19ClN2O5/c1-16(26(33)30(15-7-14-29)17-8-3-2-4-9-17)35-27(34)21-13-12-20-22(23(21)28)25(32)19-11-6-5-10-18(19)24(20)31/h2-6,8-13,16H,7,15H2,1H3. The van der Waals surface area contributed by atoms with Crippen LogP contribution in [0.4, 0.5) is 5.69 Å². The molecule has 3 aromatic rings. The normalized spacial score (nSPS) is 12.7. The summed E-state index contributed by atoms with van der Waals surface area (Å²) in [5, 5.41) is 8.76. The van der Waals surface area contributed by atoms with Gasteiger partial charge in [-0.2, -0.15) is 5.26 Å². The molecule has 1 unspecified atom stereocenters. The Morgan fingerprint density at radius 1 is 0.943 bits per heavy atom. The maximum absolute atomic E-state index is 13.1. The number of anilines is 1. The molecule has 3 aromatic carbocycles. The van der Waals surface area contributed by atoms with E-state index in [2.05, 4.69) is 0 Å². The molecule has 0 aliphatic heterocycles. The fourth-order valence-corrected chi connectivity index (χ4v) is 4.26. The number of carbonyl (C=O) groups excluding carboxylic acids is 4. The summed E-state index contributed by atoms with van der Waals surface area (Å²) in [4.78, 5) is 53.3. The fourth-order valence-electron chi connectivity index (χ4n) is 3.93. The van der Waals surface area contributed by atoms with Gasteiger partial charge >= 0.3 is 5.97 Å². The van der Waals surface area contributed by atoms with Crippen LogP contribution in [-0.2, 0) is 9.53 Å². The van der Waals surface area contributed by atoms with E-state index >= 15 is 0 Å². The molecule has 1 amide bonds. The summed E-state index contributed by atoms with van der Waals surface area (Å²) in [7, 11) is 0. The van der Waals surface area contributed by atoms with Crippen molar-refractivity contribution < 1.29 is 23.9 Å². The molecule has 0 N–H and O–H groups in total. The van der Waals surface area contributed by atoms with Crippen LogP contribution >= 0.6 is 11.6 Å². The van der Waals surface area contributed by atoms with Crippen molar-refractivity contribution in [3.05, 3.63) is 99.6 Å². The molecule has 174 valence electrons. The Morgan fingerprint density at radius 3 is 2.23 bits per heavy atom. The third kappa shape index (κ3) is 4.44. The van der Waals surface area contributed by atoms with Crippen LogP contribution in [0.3, 0.4) is 0 Å². The zero-order chi connectivity index (χ0) is 25.1. The van der Waals surface area contributed by atoms with Gasteiger partial charge in [0, 0.05) is 28.9 Å². The molecule has 0 saturated carbocycles. The number of halogens is 1. The lowest BCUT2D eigenvalue weighted by molar-refractivity contribution is -0.126. The topological polar surface area (TPSA) is 105 Å². The van der Waals surface area contributed by atoms with Crippen molar-refractivity contribution in [2.24, 2.45) is 0 Å². The maximum Gasteiger partial charge on any atom is 0.340 e. The maximum atomic E-state index is 13.1. The van der Waals surface area contributed by atoms with Gasteiger partial charge in [0.15, 0.2) is 17.7 Å². The Labute approximate surface area is 206 Å². The van der Waals surface area contributed by atoms with E-state index in [1.807, 2.05) is 6.07 Å². The predicted octanol–water partition coefficient (Wildman–Crippen LogP) is 4.61. The van der Waals surface area contributed by atoms with Crippen molar-refractivity contribution >= 4 is 40.7 Å². The van der Waals surface area contributed by atoms with Crippen molar-refractivity contribution in [2.45, 2.75) is 19.4 Å². The smallest absolute Gasteiger partial charge is 0.340 e. The lowest BCUT2D eigenvalue weighted by atomic mass is 9.83. The van der Waals surface area contributed by atoms with E-state index in [0.29, 0.717) is 5.69 Å². The highest BCUT2D eigenvalue weighted by atomic mass is 35.5. The summed E-state index contributed by atoms with van der Waals surface area (Å²) in [6.45, 7) is 1.54. The second-order valence-corrected chi connectivity index (χ2v) is 8.21. The number of esters is 1. The van der Waals surface area contributed by atoms with E-state index in [-0.39, 0.29) is 51.6 Å². The van der Waals surface area contributed by atoms with E-state index in [9.17, 15) is 19.2 Å². The zero-order valence-corrected chi connectivity index (χ0v) is 19.4. The van der Waals surface area contributed by atoms with Crippen molar-refractivity contribution in [3.8, 4) is 6.07 Å². The minimum atomic E-state index is -1.20. The highest BCUT2D eigenvalue weighted by molar-refractivity contribution is 6.41. The van der Waals surface area contributed by atoms with Gasteiger partial charge in [-0.05, 0) is 31.2 Å². The Morgan fingerprint density at radius 2 is 1.57 bits per heavy atom. The molecular weight excluding hydrogens is 468 g/mol. The van der Waals surface area contributed by atoms with Gasteiger partial charge in [-0.3, -0.25) is 14.4 Å². The first-order valence-electron chi connectivity index (χ1n) is 10.8. The molecule has 1 aliphatic carbocycles. The number of hydrogen-bond donors (Lipinski definition) is 0. The molecule has 0 saturated heterocycles. The van der Waals surface area contributed by atoms with E-state index < -0.39 is 23.8 Å². The molecule has 0 radical (unpaired) electrons. The van der Waals surface area contributed by atoms with E-state index in [4.69, 9.17) is 21.6 Å². The molecule has 0 spiro atoms. The van der Waals surface area contributed by atoms with Crippen molar-refractivity contribution in [3.63, 3.8) is 0 Å². The number of amides is 1. The van der Waals surface area contributed by atoms with Gasteiger partial charge in [0.2, 0.25) is 0 Å². The number of nitrogens with zero attached hydrogens (tertiary/aromatic N) is 2. The second kappa shape index (κ2) is 9.92. The first-order valence-corrected chi connectivity index (χ1v) is 11.2. The average molecular weight is 487 g/mol. The molecular formula is C27H19ClN2O5. The minimum absolute atomic E-state index is 0.0660. The summed E-state index contributed by atoms with van der Waals surface area (Å²) < 4.78 is 5.39. The van der Waals surface area contributed by atoms with Crippen LogP contribution in [0.25, 0.3) is 0 Å². The fraction of sp³-hybridized carbons (Fsp3) is 0.148. The van der Waals surface area contributed by atoms with Crippen LogP contribution in [0.1, 0.15) is 55.5 Å². The second-order valence-electron chi connectivity index (χ2n) is 7.83. The predicted molar refractivity (Wildman–Crippen MR) is 129 cm³/mol. The Bertz CT molecular complexity index is 1390. The zero-order valence-electron chi connectivity index (χ0n) is 18.7. The number of nitriles is 1. The summed E-state index contributed by atoms with van der Waals surface area (Å²) in [5.41, 5.74) is 0.944. The summed E-state index contributed by atoms with van der Waals surface area (Å²) in [5.74, 6) is -2.26. The first-order chi connectivity index (χ1) is 16.8. The van der Waals surface area contributed by atoms with Gasteiger partial charge in [-0.1, -0.05) is 54.1 Å². The number of carbonyl (C=O) groups is 4. The molecule has 0 heterocycles. The Balaban J connectivity index is 1.60. The van der Waals surface area contributed by atoms with E-state index in [1.165, 1.54) is 30.0 Å². The Hall–Kier alpha value is -4.28. The summed E-state index contributed by atoms with van der Waals surface area (Å²) in [6.07, 6.45) is -1.11. The van der Waals surface area contributed by atoms with Gasteiger partial charge in [0.05, 0.1) is 28.6 Å². The van der Waals surface area contributed by atoms with Gasteiger partial charge in [0.1, 0.15) is 0 Å². The molecule has 4 rings (SSSR count). The monoisotopic (exact) mass is 486 g/mol. The molecule has 0 aromatic heterocycles. The van der Waals surface area contributed by atoms with Crippen LogP contribution in [0, 0.1) is 11.3 Å². The molecule has 8 heteroatoms. The number of hydrogen-bond acceptors (Lipinski definition) is 6. The number of ether oxygens (including phenoxy) is 1. The lowest BCUT2D eigenvalue weighted by Crippen LogP contribution is -2.40. The molecule has 7 nitrogen and oxygen atoms in total. The highest BCUT2D eigenvalue weighted by Crippen LogP contribution is 2.34. The van der Waals surface area contributed by atoms with Crippen LogP contribution in [0.15, 0.2) is 66.7 Å². The number of para-hydroxylation sites is 1. The van der Waals surface area contributed by atoms with Gasteiger partial charge < -0.3 is 9.64 Å². The lowest BCUT2D eigenvalue weighted by Gasteiger charge is -2.25. The van der Waals surface area contributed by atoms with Gasteiger partial charge in [0.25, 0.3) is 5.91 Å². The molecule has 1 atom stereocenters. The van der Waals surface area contributed by atoms with Crippen LogP contribution in [-0.4, -0.2) is 36.1 Å². The third-order valence-corrected chi connectivity index (χ3v) is 6.06. The molecule has 0 fully saturated rings. The van der Waals surface area contributed by atoms with E-state index in [0.717, 1.165) is 0 Å². The third-order valence-electron chi connectivity index (χ3n) is 5.66. The van der Waals surface area contributed by atoms with Crippen molar-refractivity contribution in [2.75, 3.05) is 11.4 Å². The van der Waals surface area contributed by atoms with Crippen LogP contribution in [0.5, 0.6) is 0 Å². The first kappa shape index (κ1) is 23.9. The van der Waals surface area contributed by atoms with Gasteiger partial charge in [-0.15, -0.1) is 0 Å². The SMILES string of the molecule is CC(OC(=O)c1ccc2c(c1Cl)C(=O)c1ccccc1C2=O)C(=O)N(CCC#N)c1ccccc1. The summed E-state index contributed by atoms with van der Waals surface area (Å²) >= 11 is 6.43. The van der Waals surface area contributed by atoms with Crippen LogP contribution in [0.2, 0.25) is 5.02 Å². The largest absolute Gasteiger partial charge is 0.449 e. The number of rotatable bonds is 6. The highest BCUT2D eigenvalue weighted by Gasteiger charge is 2.34. The number of benzene rings is 3. The average Bonchev–Trinajstić information content (AvgIpc) is 2.87. The van der Waals surface area contributed by atoms with Crippen molar-refractivity contribution in [1.82, 2.24) is 0 Å². The number of fused-ring (bicyclic) bond motifs is 2. The van der Waals surface area contributed by atoms with Crippen LogP contribution < -0.4 is 4.90 Å². The quantitative estimate of drug-likeness (QED) is 0.369. The van der Waals surface area contributed by atoms with E-state index in [1.54, 1.807) is 48.5 Å². The molecule has 1 aliphatic rings. The Kier molecular flexibility index (Phi) is 6.76. The minimum Gasteiger partial charge on any atom is -0.449 e. The van der Waals surface area contributed by atoms with Gasteiger partial charge in [-0.25, -0.2) is 4.79 Å². The summed E-state index contributed by atoms with van der Waals surface area (Å²) in [6, 6.07) is 19.8. The molecule has 35 heavy (non-hydrogen) atoms.